The van der Waals surface area contributed by atoms with Crippen LogP contribution >= 0.6 is 0 Å². The van der Waals surface area contributed by atoms with Gasteiger partial charge in [0, 0.05) is 0 Å². The highest BCUT2D eigenvalue weighted by Gasteiger charge is 2.29. The first-order chi connectivity index (χ1) is 16.9. The van der Waals surface area contributed by atoms with E-state index in [0.29, 0.717) is 11.8 Å². The summed E-state index contributed by atoms with van der Waals surface area (Å²) in [4.78, 5) is 8.71. The molecule has 0 saturated heterocycles. The van der Waals surface area contributed by atoms with Crippen molar-refractivity contribution < 1.29 is 9.47 Å². The zero-order valence-corrected chi connectivity index (χ0v) is 17.9. The summed E-state index contributed by atoms with van der Waals surface area (Å²) in [6.45, 7) is 0. The highest BCUT2D eigenvalue weighted by atomic mass is 16.5. The third-order valence-electron chi connectivity index (χ3n) is 5.83. The number of benzene rings is 4. The second-order valence-corrected chi connectivity index (χ2v) is 7.86. The lowest BCUT2D eigenvalue weighted by atomic mass is 10.1. The normalized spacial score (nSPS) is 13.1. The lowest BCUT2D eigenvalue weighted by molar-refractivity contribution is 0.475. The van der Waals surface area contributed by atoms with Crippen molar-refractivity contribution in [2.75, 3.05) is 9.80 Å². The van der Waals surface area contributed by atoms with E-state index in [9.17, 15) is 0 Å². The van der Waals surface area contributed by atoms with Crippen molar-refractivity contribution in [3.05, 3.63) is 103 Å². The van der Waals surface area contributed by atoms with Gasteiger partial charge in [0.1, 0.15) is 0 Å². The van der Waals surface area contributed by atoms with Gasteiger partial charge in [0.2, 0.25) is 0 Å². The quantitative estimate of drug-likeness (QED) is 0.284. The van der Waals surface area contributed by atoms with E-state index in [4.69, 9.17) is 14.5 Å². The molecule has 3 heterocycles. The number of rotatable bonds is 2. The van der Waals surface area contributed by atoms with Gasteiger partial charge in [0.05, 0.1) is 28.9 Å². The number of ether oxygens (including phenoxy) is 2. The fourth-order valence-electron chi connectivity index (χ4n) is 4.34. The van der Waals surface area contributed by atoms with Crippen LogP contribution in [0.15, 0.2) is 103 Å². The van der Waals surface area contributed by atoms with Crippen molar-refractivity contribution in [2.24, 2.45) is 0 Å². The predicted molar refractivity (Wildman–Crippen MR) is 129 cm³/mol. The Bertz CT molecular complexity index is 1330. The number of para-hydroxylation sites is 8. The van der Waals surface area contributed by atoms with Gasteiger partial charge in [-0.15, -0.1) is 10.2 Å². The number of hydrogen-bond donors (Lipinski definition) is 0. The summed E-state index contributed by atoms with van der Waals surface area (Å²) >= 11 is 0. The average Bonchev–Trinajstić information content (AvgIpc) is 2.90. The highest BCUT2D eigenvalue weighted by Crippen LogP contribution is 2.51. The second-order valence-electron chi connectivity index (χ2n) is 7.86. The van der Waals surface area contributed by atoms with Crippen LogP contribution in [0.25, 0.3) is 0 Å². The maximum atomic E-state index is 6.09. The number of aromatic nitrogens is 3. The van der Waals surface area contributed by atoms with E-state index in [2.05, 4.69) is 10.2 Å². The Hall–Kier alpha value is -4.91. The van der Waals surface area contributed by atoms with Crippen LogP contribution in [-0.2, 0) is 0 Å². The van der Waals surface area contributed by atoms with Gasteiger partial charge in [-0.1, -0.05) is 48.5 Å². The maximum Gasteiger partial charge on any atom is 0.254 e. The van der Waals surface area contributed by atoms with Gasteiger partial charge in [-0.2, -0.15) is 0 Å². The van der Waals surface area contributed by atoms with E-state index >= 15 is 0 Å². The number of fused-ring (bicyclic) bond motifs is 4. The van der Waals surface area contributed by atoms with Crippen LogP contribution in [0.1, 0.15) is 0 Å². The zero-order valence-electron chi connectivity index (χ0n) is 17.9. The van der Waals surface area contributed by atoms with Crippen molar-refractivity contribution in [3.8, 4) is 23.0 Å². The number of hydrogen-bond acceptors (Lipinski definition) is 7. The molecule has 7 nitrogen and oxygen atoms in total. The van der Waals surface area contributed by atoms with Crippen LogP contribution in [0, 0.1) is 0 Å². The van der Waals surface area contributed by atoms with Crippen molar-refractivity contribution in [3.63, 3.8) is 0 Å². The van der Waals surface area contributed by atoms with E-state index in [1.807, 2.05) is 107 Å². The van der Waals surface area contributed by atoms with Crippen LogP contribution in [0.5, 0.6) is 23.0 Å². The lowest BCUT2D eigenvalue weighted by Gasteiger charge is -2.32. The molecule has 2 aliphatic heterocycles. The molecule has 7 heteroatoms. The van der Waals surface area contributed by atoms with Crippen LogP contribution in [-0.4, -0.2) is 15.2 Å². The molecular weight excluding hydrogens is 426 g/mol. The molecule has 0 N–H and O–H groups in total. The van der Waals surface area contributed by atoms with Crippen LogP contribution < -0.4 is 19.3 Å². The van der Waals surface area contributed by atoms with E-state index in [-0.39, 0.29) is 0 Å². The summed E-state index contributed by atoms with van der Waals surface area (Å²) in [6, 6.07) is 31.4. The molecule has 0 spiro atoms. The van der Waals surface area contributed by atoms with E-state index in [1.54, 1.807) is 6.20 Å². The summed E-state index contributed by atoms with van der Waals surface area (Å²) in [6.07, 6.45) is 1.74. The summed E-state index contributed by atoms with van der Waals surface area (Å²) in [7, 11) is 0. The van der Waals surface area contributed by atoms with Crippen molar-refractivity contribution in [2.45, 2.75) is 0 Å². The zero-order chi connectivity index (χ0) is 22.5. The molecule has 0 unspecified atom stereocenters. The van der Waals surface area contributed by atoms with Gasteiger partial charge in [0.15, 0.2) is 28.8 Å². The standard InChI is InChI=1S/C27H17N5O2/c1-5-13-22-18(9-1)31(19-10-2-6-14-23(19)33-22)26-17-28-27(30-29-26)32-20-11-3-7-15-24(20)34-25-16-8-4-12-21(25)32/h1-17H. The predicted octanol–water partition coefficient (Wildman–Crippen LogP) is 7.02. The fourth-order valence-corrected chi connectivity index (χ4v) is 4.34. The van der Waals surface area contributed by atoms with Crippen LogP contribution in [0.3, 0.4) is 0 Å². The molecule has 4 aromatic carbocycles. The van der Waals surface area contributed by atoms with Crippen molar-refractivity contribution in [1.82, 2.24) is 15.2 Å². The van der Waals surface area contributed by atoms with Crippen LogP contribution in [0.2, 0.25) is 0 Å². The molecular formula is C27H17N5O2. The number of nitrogens with zero attached hydrogens (tertiary/aromatic N) is 5. The molecule has 0 atom stereocenters. The first kappa shape index (κ1) is 18.6. The third-order valence-corrected chi connectivity index (χ3v) is 5.83. The van der Waals surface area contributed by atoms with Crippen molar-refractivity contribution in [1.29, 1.82) is 0 Å². The topological polar surface area (TPSA) is 63.6 Å². The summed E-state index contributed by atoms with van der Waals surface area (Å²) < 4.78 is 12.2. The molecule has 0 bridgehead atoms. The molecule has 34 heavy (non-hydrogen) atoms. The second kappa shape index (κ2) is 7.31. The Kier molecular flexibility index (Phi) is 4.01. The van der Waals surface area contributed by atoms with E-state index in [1.165, 1.54) is 0 Å². The molecule has 162 valence electrons. The van der Waals surface area contributed by atoms with Crippen molar-refractivity contribution >= 4 is 34.5 Å². The van der Waals surface area contributed by atoms with Gasteiger partial charge < -0.3 is 9.47 Å². The SMILES string of the molecule is c1ccc2c(c1)Oc1ccccc1N2c1cnc(N2c3ccccc3Oc3ccccc32)nn1. The summed E-state index contributed by atoms with van der Waals surface area (Å²) in [5.41, 5.74) is 3.48. The van der Waals surface area contributed by atoms with E-state index in [0.717, 1.165) is 45.7 Å². The summed E-state index contributed by atoms with van der Waals surface area (Å²) in [5, 5.41) is 9.14. The molecule has 0 radical (unpaired) electrons. The molecule has 0 amide bonds. The van der Waals surface area contributed by atoms with Gasteiger partial charge in [-0.3, -0.25) is 9.80 Å². The maximum absolute atomic E-state index is 6.09. The number of anilines is 6. The average molecular weight is 443 g/mol. The summed E-state index contributed by atoms with van der Waals surface area (Å²) in [5.74, 6) is 4.05. The Morgan fingerprint density at radius 3 is 1.29 bits per heavy atom. The Balaban J connectivity index is 1.35. The minimum atomic E-state index is 0.460. The Labute approximate surface area is 195 Å². The molecule has 0 saturated carbocycles. The van der Waals surface area contributed by atoms with E-state index < -0.39 is 0 Å². The van der Waals surface area contributed by atoms with Gasteiger partial charge >= 0.3 is 0 Å². The molecule has 1 aromatic heterocycles. The molecule has 0 fully saturated rings. The smallest absolute Gasteiger partial charge is 0.254 e. The highest BCUT2D eigenvalue weighted by molar-refractivity contribution is 5.86. The first-order valence-corrected chi connectivity index (χ1v) is 10.9. The van der Waals surface area contributed by atoms with Gasteiger partial charge in [-0.25, -0.2) is 4.98 Å². The minimum Gasteiger partial charge on any atom is -0.453 e. The molecule has 2 aliphatic rings. The fraction of sp³-hybridized carbons (Fsp3) is 0. The third kappa shape index (κ3) is 2.80. The lowest BCUT2D eigenvalue weighted by Crippen LogP contribution is -2.21. The van der Waals surface area contributed by atoms with Gasteiger partial charge in [-0.05, 0) is 48.5 Å². The largest absolute Gasteiger partial charge is 0.453 e. The monoisotopic (exact) mass is 443 g/mol. The minimum absolute atomic E-state index is 0.460. The molecule has 0 aliphatic carbocycles. The Morgan fingerprint density at radius 2 is 0.882 bits per heavy atom. The first-order valence-electron chi connectivity index (χ1n) is 10.9. The van der Waals surface area contributed by atoms with Crippen LogP contribution in [0.4, 0.5) is 34.5 Å². The van der Waals surface area contributed by atoms with Gasteiger partial charge in [0.25, 0.3) is 5.95 Å². The molecule has 7 rings (SSSR count). The molecule has 5 aromatic rings. The Morgan fingerprint density at radius 1 is 0.471 bits per heavy atom.